The van der Waals surface area contributed by atoms with Crippen molar-refractivity contribution in [3.05, 3.63) is 47.5 Å². The van der Waals surface area contributed by atoms with E-state index >= 15 is 0 Å². The summed E-state index contributed by atoms with van der Waals surface area (Å²) in [5, 5.41) is 8.89. The topological polar surface area (TPSA) is 92.3 Å². The number of H-pyrrole nitrogens is 1. The molecule has 0 fully saturated rings. The van der Waals surface area contributed by atoms with E-state index < -0.39 is 11.8 Å². The number of benzene rings is 1. The number of carbonyl (C=O) groups is 2. The lowest BCUT2D eigenvalue weighted by molar-refractivity contribution is 0.0687. The molecule has 92 valence electrons. The molecule has 0 aliphatic heterocycles. The highest BCUT2D eigenvalue weighted by atomic mass is 16.5. The van der Waals surface area contributed by atoms with Crippen LogP contribution >= 0.6 is 0 Å². The zero-order valence-corrected chi connectivity index (χ0v) is 9.51. The van der Waals surface area contributed by atoms with Gasteiger partial charge in [-0.3, -0.25) is 4.79 Å². The number of imidazole rings is 1. The van der Waals surface area contributed by atoms with Crippen LogP contribution in [0.3, 0.4) is 0 Å². The molecule has 0 bridgehead atoms. The van der Waals surface area contributed by atoms with Crippen LogP contribution in [0.1, 0.15) is 26.5 Å². The summed E-state index contributed by atoms with van der Waals surface area (Å²) in [7, 11) is 1.52. The van der Waals surface area contributed by atoms with Crippen LogP contribution in [0.4, 0.5) is 0 Å². The fourth-order valence-corrected chi connectivity index (χ4v) is 1.51. The van der Waals surface area contributed by atoms with Crippen LogP contribution in [0.2, 0.25) is 0 Å². The molecule has 0 spiro atoms. The van der Waals surface area contributed by atoms with Gasteiger partial charge in [-0.05, 0) is 24.3 Å². The second kappa shape index (κ2) is 4.70. The summed E-state index contributed by atoms with van der Waals surface area (Å²) in [5.41, 5.74) is 0.0360. The van der Waals surface area contributed by atoms with Gasteiger partial charge >= 0.3 is 5.97 Å². The molecule has 6 heteroatoms. The van der Waals surface area contributed by atoms with E-state index in [0.29, 0.717) is 11.3 Å². The maximum absolute atomic E-state index is 12.0. The van der Waals surface area contributed by atoms with Crippen molar-refractivity contribution >= 4 is 11.8 Å². The molecule has 0 amide bonds. The van der Waals surface area contributed by atoms with Gasteiger partial charge in [-0.25, -0.2) is 9.78 Å². The van der Waals surface area contributed by atoms with E-state index in [1.807, 2.05) is 0 Å². The van der Waals surface area contributed by atoms with Gasteiger partial charge in [0.1, 0.15) is 11.4 Å². The number of carboxylic acids is 1. The molecular formula is C12H10N2O4. The molecule has 1 aromatic heterocycles. The number of ketones is 1. The number of carboxylic acid groups (broad SMARTS) is 1. The minimum Gasteiger partial charge on any atom is -0.497 e. The SMILES string of the molecule is COc1ccc(C(=O)c2nc[nH]c2C(=O)O)cc1. The Labute approximate surface area is 102 Å². The second-order valence-corrected chi connectivity index (χ2v) is 3.49. The summed E-state index contributed by atoms with van der Waals surface area (Å²) in [6, 6.07) is 6.36. The summed E-state index contributed by atoms with van der Waals surface area (Å²) in [6.07, 6.45) is 1.18. The number of hydrogen-bond acceptors (Lipinski definition) is 4. The molecule has 18 heavy (non-hydrogen) atoms. The third-order valence-corrected chi connectivity index (χ3v) is 2.42. The molecule has 0 radical (unpaired) electrons. The van der Waals surface area contributed by atoms with E-state index in [1.54, 1.807) is 24.3 Å². The first-order valence-electron chi connectivity index (χ1n) is 5.09. The zero-order valence-electron chi connectivity index (χ0n) is 9.51. The molecule has 1 aromatic carbocycles. The molecule has 0 saturated carbocycles. The molecule has 0 unspecified atom stereocenters. The Morgan fingerprint density at radius 2 is 1.94 bits per heavy atom. The van der Waals surface area contributed by atoms with Gasteiger partial charge < -0.3 is 14.8 Å². The van der Waals surface area contributed by atoms with Gasteiger partial charge in [-0.15, -0.1) is 0 Å². The fourth-order valence-electron chi connectivity index (χ4n) is 1.51. The molecule has 2 N–H and O–H groups in total. The van der Waals surface area contributed by atoms with E-state index in [-0.39, 0.29) is 11.4 Å². The number of aromatic amines is 1. The number of hydrogen-bond donors (Lipinski definition) is 2. The van der Waals surface area contributed by atoms with Crippen molar-refractivity contribution < 1.29 is 19.4 Å². The lowest BCUT2D eigenvalue weighted by Crippen LogP contribution is -2.09. The fraction of sp³-hybridized carbons (Fsp3) is 0.0833. The van der Waals surface area contributed by atoms with Crippen LogP contribution < -0.4 is 4.74 Å². The van der Waals surface area contributed by atoms with Crippen LogP contribution in [0.25, 0.3) is 0 Å². The molecule has 2 rings (SSSR count). The van der Waals surface area contributed by atoms with Crippen molar-refractivity contribution in [2.45, 2.75) is 0 Å². The molecule has 2 aromatic rings. The summed E-state index contributed by atoms with van der Waals surface area (Å²) in [6.45, 7) is 0. The Hall–Kier alpha value is -2.63. The van der Waals surface area contributed by atoms with Gasteiger partial charge in [-0.1, -0.05) is 0 Å². The molecule has 6 nitrogen and oxygen atoms in total. The maximum atomic E-state index is 12.0. The largest absolute Gasteiger partial charge is 0.497 e. The molecule has 0 atom stereocenters. The van der Waals surface area contributed by atoms with E-state index in [4.69, 9.17) is 9.84 Å². The van der Waals surface area contributed by atoms with Gasteiger partial charge in [0.2, 0.25) is 5.78 Å². The molecular weight excluding hydrogens is 236 g/mol. The molecule has 1 heterocycles. The Balaban J connectivity index is 2.35. The number of ether oxygens (including phenoxy) is 1. The minimum atomic E-state index is -1.22. The highest BCUT2D eigenvalue weighted by molar-refractivity contribution is 6.12. The van der Waals surface area contributed by atoms with Crippen LogP contribution in [-0.2, 0) is 0 Å². The Morgan fingerprint density at radius 1 is 1.28 bits per heavy atom. The normalized spacial score (nSPS) is 10.1. The summed E-state index contributed by atoms with van der Waals surface area (Å²) in [4.78, 5) is 29.1. The first-order valence-corrected chi connectivity index (χ1v) is 5.09. The quantitative estimate of drug-likeness (QED) is 0.794. The van der Waals surface area contributed by atoms with Gasteiger partial charge in [0.05, 0.1) is 13.4 Å². The number of aromatic nitrogens is 2. The second-order valence-electron chi connectivity index (χ2n) is 3.49. The van der Waals surface area contributed by atoms with Crippen molar-refractivity contribution in [3.63, 3.8) is 0 Å². The van der Waals surface area contributed by atoms with E-state index in [2.05, 4.69) is 9.97 Å². The van der Waals surface area contributed by atoms with E-state index in [9.17, 15) is 9.59 Å². The monoisotopic (exact) mass is 246 g/mol. The molecule has 0 aliphatic rings. The minimum absolute atomic E-state index is 0.104. The third kappa shape index (κ3) is 2.08. The van der Waals surface area contributed by atoms with E-state index in [0.717, 1.165) is 0 Å². The standard InChI is InChI=1S/C12H10N2O4/c1-18-8-4-2-7(3-5-8)11(15)9-10(12(16)17)14-6-13-9/h2-6H,1H3,(H,13,14)(H,16,17). The first kappa shape index (κ1) is 11.8. The summed E-state index contributed by atoms with van der Waals surface area (Å²) in [5.74, 6) is -1.05. The number of nitrogens with one attached hydrogen (secondary N) is 1. The average Bonchev–Trinajstić information content (AvgIpc) is 2.87. The van der Waals surface area contributed by atoms with Crippen LogP contribution in [-0.4, -0.2) is 33.9 Å². The lowest BCUT2D eigenvalue weighted by Gasteiger charge is -2.01. The Morgan fingerprint density at radius 3 is 2.50 bits per heavy atom. The van der Waals surface area contributed by atoms with Crippen molar-refractivity contribution in [2.75, 3.05) is 7.11 Å². The first-order chi connectivity index (χ1) is 8.63. The van der Waals surface area contributed by atoms with Crippen molar-refractivity contribution in [1.29, 1.82) is 0 Å². The molecule has 0 saturated heterocycles. The van der Waals surface area contributed by atoms with E-state index in [1.165, 1.54) is 13.4 Å². The van der Waals surface area contributed by atoms with Gasteiger partial charge in [0, 0.05) is 5.56 Å². The van der Waals surface area contributed by atoms with Gasteiger partial charge in [0.15, 0.2) is 5.69 Å². The van der Waals surface area contributed by atoms with Crippen molar-refractivity contribution in [2.24, 2.45) is 0 Å². The number of aromatic carboxylic acids is 1. The maximum Gasteiger partial charge on any atom is 0.354 e. The number of carbonyl (C=O) groups excluding carboxylic acids is 1. The Bertz CT molecular complexity index is 586. The zero-order chi connectivity index (χ0) is 13.1. The highest BCUT2D eigenvalue weighted by Gasteiger charge is 2.20. The highest BCUT2D eigenvalue weighted by Crippen LogP contribution is 2.15. The van der Waals surface area contributed by atoms with Crippen molar-refractivity contribution in [1.82, 2.24) is 9.97 Å². The number of rotatable bonds is 4. The summed E-state index contributed by atoms with van der Waals surface area (Å²) < 4.78 is 4.97. The van der Waals surface area contributed by atoms with Crippen LogP contribution in [0, 0.1) is 0 Å². The number of nitrogens with zero attached hydrogens (tertiary/aromatic N) is 1. The number of methoxy groups -OCH3 is 1. The van der Waals surface area contributed by atoms with Crippen LogP contribution in [0.5, 0.6) is 5.75 Å². The van der Waals surface area contributed by atoms with Crippen LogP contribution in [0.15, 0.2) is 30.6 Å². The van der Waals surface area contributed by atoms with Gasteiger partial charge in [-0.2, -0.15) is 0 Å². The Kier molecular flexibility index (Phi) is 3.09. The van der Waals surface area contributed by atoms with Gasteiger partial charge in [0.25, 0.3) is 0 Å². The average molecular weight is 246 g/mol. The predicted octanol–water partition coefficient (Wildman–Crippen LogP) is 1.35. The summed E-state index contributed by atoms with van der Waals surface area (Å²) >= 11 is 0. The molecule has 0 aliphatic carbocycles. The lowest BCUT2D eigenvalue weighted by atomic mass is 10.1. The third-order valence-electron chi connectivity index (χ3n) is 2.42. The van der Waals surface area contributed by atoms with Crippen molar-refractivity contribution in [3.8, 4) is 5.75 Å². The smallest absolute Gasteiger partial charge is 0.354 e. The predicted molar refractivity (Wildman–Crippen MR) is 62.0 cm³/mol.